The first-order valence-corrected chi connectivity index (χ1v) is 10.5. The second-order valence-electron chi connectivity index (χ2n) is 7.82. The van der Waals surface area contributed by atoms with Crippen LogP contribution in [0.5, 0.6) is 0 Å². The lowest BCUT2D eigenvalue weighted by molar-refractivity contribution is -0.122. The topological polar surface area (TPSA) is 67.2 Å². The molecule has 0 unspecified atom stereocenters. The van der Waals surface area contributed by atoms with E-state index in [-0.39, 0.29) is 24.1 Å². The molecule has 2 aliphatic carbocycles. The Hall–Kier alpha value is -1.73. The largest absolute Gasteiger partial charge is 0.352 e. The molecule has 2 aromatic heterocycles. The highest BCUT2D eigenvalue weighted by molar-refractivity contribution is 7.18. The van der Waals surface area contributed by atoms with Gasteiger partial charge in [0.15, 0.2) is 0 Å². The van der Waals surface area contributed by atoms with Crippen LogP contribution in [0.1, 0.15) is 42.5 Å². The van der Waals surface area contributed by atoms with E-state index in [0.717, 1.165) is 61.5 Å². The first-order chi connectivity index (χ1) is 12.7. The first-order valence-electron chi connectivity index (χ1n) is 9.72. The van der Waals surface area contributed by atoms with Crippen molar-refractivity contribution in [3.8, 4) is 0 Å². The number of piperidine rings is 1. The second kappa shape index (κ2) is 6.46. The van der Waals surface area contributed by atoms with Crippen LogP contribution < -0.4 is 10.9 Å². The van der Waals surface area contributed by atoms with Crippen molar-refractivity contribution in [3.63, 3.8) is 0 Å². The number of aromatic nitrogens is 2. The molecule has 0 aromatic carbocycles. The molecule has 2 fully saturated rings. The Kier molecular flexibility index (Phi) is 4.09. The maximum absolute atomic E-state index is 12.8. The molecule has 1 amide bonds. The van der Waals surface area contributed by atoms with Gasteiger partial charge in [-0.1, -0.05) is 0 Å². The standard InChI is InChI=1S/C19H24N4O2S/c24-16(21-12-6-8-22(9-7-12)13-4-5-13)10-23-11-20-18-17(19(23)25)14-2-1-3-15(14)26-18/h11-13H,1-10H2,(H,21,24). The molecule has 0 bridgehead atoms. The molecule has 0 atom stereocenters. The predicted molar refractivity (Wildman–Crippen MR) is 102 cm³/mol. The molecule has 5 rings (SSSR count). The van der Waals surface area contributed by atoms with Gasteiger partial charge in [0.25, 0.3) is 5.56 Å². The molecule has 1 N–H and O–H groups in total. The van der Waals surface area contributed by atoms with Gasteiger partial charge in [-0.05, 0) is 50.5 Å². The number of carbonyl (C=O) groups is 1. The van der Waals surface area contributed by atoms with Gasteiger partial charge in [0.05, 0.1) is 11.7 Å². The highest BCUT2D eigenvalue weighted by Crippen LogP contribution is 2.34. The number of aryl methyl sites for hydroxylation is 2. The van der Waals surface area contributed by atoms with Crippen LogP contribution in [0.2, 0.25) is 0 Å². The third-order valence-corrected chi connectivity index (χ3v) is 7.16. The van der Waals surface area contributed by atoms with E-state index in [0.29, 0.717) is 0 Å². The van der Waals surface area contributed by atoms with Crippen molar-refractivity contribution in [2.24, 2.45) is 0 Å². The summed E-state index contributed by atoms with van der Waals surface area (Å²) in [6.45, 7) is 2.21. The number of rotatable bonds is 4. The highest BCUT2D eigenvalue weighted by atomic mass is 32.1. The van der Waals surface area contributed by atoms with Crippen molar-refractivity contribution in [1.29, 1.82) is 0 Å². The van der Waals surface area contributed by atoms with Gasteiger partial charge in [-0.15, -0.1) is 11.3 Å². The zero-order chi connectivity index (χ0) is 17.7. The maximum Gasteiger partial charge on any atom is 0.262 e. The molecular weight excluding hydrogens is 348 g/mol. The number of thiophene rings is 1. The van der Waals surface area contributed by atoms with Crippen molar-refractivity contribution >= 4 is 27.5 Å². The number of hydrogen-bond donors (Lipinski definition) is 1. The van der Waals surface area contributed by atoms with E-state index in [2.05, 4.69) is 15.2 Å². The van der Waals surface area contributed by atoms with E-state index in [1.807, 2.05) is 0 Å². The fourth-order valence-electron chi connectivity index (χ4n) is 4.41. The summed E-state index contributed by atoms with van der Waals surface area (Å²) in [5, 5.41) is 3.86. The fraction of sp³-hybridized carbons (Fsp3) is 0.632. The van der Waals surface area contributed by atoms with Gasteiger partial charge >= 0.3 is 0 Å². The van der Waals surface area contributed by atoms with Crippen molar-refractivity contribution < 1.29 is 4.79 Å². The molecule has 3 heterocycles. The lowest BCUT2D eigenvalue weighted by Gasteiger charge is -2.32. The fourth-order valence-corrected chi connectivity index (χ4v) is 5.63. The molecule has 2 aromatic rings. The van der Waals surface area contributed by atoms with Crippen LogP contribution >= 0.6 is 11.3 Å². The summed E-state index contributed by atoms with van der Waals surface area (Å²) in [5.74, 6) is -0.0787. The van der Waals surface area contributed by atoms with Gasteiger partial charge in [-0.2, -0.15) is 0 Å². The average molecular weight is 372 g/mol. The summed E-state index contributed by atoms with van der Waals surface area (Å²) in [6, 6.07) is 1.03. The molecule has 3 aliphatic rings. The summed E-state index contributed by atoms with van der Waals surface area (Å²) in [4.78, 5) is 34.4. The molecule has 0 spiro atoms. The van der Waals surface area contributed by atoms with E-state index in [9.17, 15) is 9.59 Å². The predicted octanol–water partition coefficient (Wildman–Crippen LogP) is 1.69. The van der Waals surface area contributed by atoms with Gasteiger partial charge in [0, 0.05) is 30.1 Å². The number of hydrogen-bond acceptors (Lipinski definition) is 5. The van der Waals surface area contributed by atoms with E-state index in [1.165, 1.54) is 34.2 Å². The van der Waals surface area contributed by atoms with Gasteiger partial charge in [-0.25, -0.2) is 4.98 Å². The zero-order valence-corrected chi connectivity index (χ0v) is 15.7. The number of nitrogens with one attached hydrogen (secondary N) is 1. The molecule has 6 nitrogen and oxygen atoms in total. The van der Waals surface area contributed by atoms with Crippen LogP contribution in [0.25, 0.3) is 10.2 Å². The minimum atomic E-state index is -0.0787. The Bertz CT molecular complexity index is 906. The van der Waals surface area contributed by atoms with Crippen molar-refractivity contribution in [2.45, 2.75) is 63.6 Å². The Morgan fingerprint density at radius 3 is 2.81 bits per heavy atom. The number of likely N-dealkylation sites (tertiary alicyclic amines) is 1. The SMILES string of the molecule is O=C(Cn1cnc2sc3c(c2c1=O)CCC3)NC1CCN(C2CC2)CC1. The van der Waals surface area contributed by atoms with Crippen LogP contribution in [-0.2, 0) is 24.2 Å². The van der Waals surface area contributed by atoms with E-state index in [1.54, 1.807) is 11.3 Å². The average Bonchev–Trinajstić information content (AvgIpc) is 3.27. The number of amides is 1. The third kappa shape index (κ3) is 2.97. The minimum absolute atomic E-state index is 0.0619. The molecule has 0 radical (unpaired) electrons. The molecule has 138 valence electrons. The Balaban J connectivity index is 1.26. The van der Waals surface area contributed by atoms with Crippen molar-refractivity contribution in [2.75, 3.05) is 13.1 Å². The quantitative estimate of drug-likeness (QED) is 0.887. The van der Waals surface area contributed by atoms with Crippen LogP contribution in [0.4, 0.5) is 0 Å². The summed E-state index contributed by atoms with van der Waals surface area (Å²) in [7, 11) is 0. The molecule has 1 aliphatic heterocycles. The van der Waals surface area contributed by atoms with E-state index in [4.69, 9.17) is 0 Å². The number of fused-ring (bicyclic) bond motifs is 3. The number of nitrogens with zero attached hydrogens (tertiary/aromatic N) is 3. The summed E-state index contributed by atoms with van der Waals surface area (Å²) >= 11 is 1.63. The summed E-state index contributed by atoms with van der Waals surface area (Å²) < 4.78 is 1.47. The smallest absolute Gasteiger partial charge is 0.262 e. The van der Waals surface area contributed by atoms with Gasteiger partial charge in [-0.3, -0.25) is 14.2 Å². The molecular formula is C19H24N4O2S. The van der Waals surface area contributed by atoms with Crippen LogP contribution in [-0.4, -0.2) is 45.5 Å². The highest BCUT2D eigenvalue weighted by Gasteiger charge is 2.32. The first kappa shape index (κ1) is 16.4. The van der Waals surface area contributed by atoms with Crippen LogP contribution in [0, 0.1) is 0 Å². The maximum atomic E-state index is 12.8. The normalized spacial score (nSPS) is 21.2. The van der Waals surface area contributed by atoms with Gasteiger partial charge < -0.3 is 10.2 Å². The summed E-state index contributed by atoms with van der Waals surface area (Å²) in [5.41, 5.74) is 1.11. The van der Waals surface area contributed by atoms with Crippen LogP contribution in [0.15, 0.2) is 11.1 Å². The van der Waals surface area contributed by atoms with Gasteiger partial charge in [0.1, 0.15) is 11.4 Å². The van der Waals surface area contributed by atoms with E-state index >= 15 is 0 Å². The Labute approximate surface area is 156 Å². The van der Waals surface area contributed by atoms with E-state index < -0.39 is 0 Å². The molecule has 26 heavy (non-hydrogen) atoms. The lowest BCUT2D eigenvalue weighted by atomic mass is 10.0. The molecule has 7 heteroatoms. The monoisotopic (exact) mass is 372 g/mol. The molecule has 1 saturated heterocycles. The Morgan fingerprint density at radius 1 is 1.23 bits per heavy atom. The van der Waals surface area contributed by atoms with Crippen molar-refractivity contribution in [1.82, 2.24) is 19.8 Å². The number of carbonyl (C=O) groups excluding carboxylic acids is 1. The summed E-state index contributed by atoms with van der Waals surface area (Å²) in [6.07, 6.45) is 9.34. The van der Waals surface area contributed by atoms with Crippen molar-refractivity contribution in [3.05, 3.63) is 27.1 Å². The zero-order valence-electron chi connectivity index (χ0n) is 14.9. The third-order valence-electron chi connectivity index (χ3n) is 5.96. The Morgan fingerprint density at radius 2 is 2.04 bits per heavy atom. The second-order valence-corrected chi connectivity index (χ2v) is 8.91. The minimum Gasteiger partial charge on any atom is -0.352 e. The van der Waals surface area contributed by atoms with Crippen LogP contribution in [0.3, 0.4) is 0 Å². The molecule has 1 saturated carbocycles. The lowest BCUT2D eigenvalue weighted by Crippen LogP contribution is -2.46. The van der Waals surface area contributed by atoms with Gasteiger partial charge in [0.2, 0.25) is 5.91 Å².